The molecule has 0 N–H and O–H groups in total. The molecule has 1 saturated carbocycles. The van der Waals surface area contributed by atoms with Gasteiger partial charge in [0.2, 0.25) is 0 Å². The lowest BCUT2D eigenvalue weighted by atomic mass is 10.0. The van der Waals surface area contributed by atoms with Crippen LogP contribution >= 0.6 is 0 Å². The van der Waals surface area contributed by atoms with Crippen molar-refractivity contribution < 1.29 is 14.3 Å². The number of ketones is 1. The lowest BCUT2D eigenvalue weighted by Gasteiger charge is -2.42. The summed E-state index contributed by atoms with van der Waals surface area (Å²) in [4.78, 5) is 25.8. The Morgan fingerprint density at radius 3 is 2.61 bits per heavy atom. The number of rotatable bonds is 9. The average Bonchev–Trinajstić information content (AvgIpc) is 3.44. The van der Waals surface area contributed by atoms with Gasteiger partial charge in [-0.3, -0.25) is 9.69 Å². The van der Waals surface area contributed by atoms with Gasteiger partial charge < -0.3 is 14.4 Å². The van der Waals surface area contributed by atoms with Crippen molar-refractivity contribution in [2.45, 2.75) is 44.2 Å². The Kier molecular flexibility index (Phi) is 7.76. The van der Waals surface area contributed by atoms with Crippen molar-refractivity contribution in [3.8, 4) is 11.5 Å². The number of Topliss-reactive ketones (excluding diaryl/α,β-unsaturated/α-hetero) is 1. The van der Waals surface area contributed by atoms with E-state index in [-0.39, 0.29) is 17.9 Å². The molecule has 7 nitrogen and oxygen atoms in total. The fourth-order valence-corrected chi connectivity index (χ4v) is 5.28. The molecule has 1 aliphatic heterocycles. The van der Waals surface area contributed by atoms with Crippen molar-refractivity contribution in [3.05, 3.63) is 78.4 Å². The summed E-state index contributed by atoms with van der Waals surface area (Å²) >= 11 is 0. The second-order valence-electron chi connectivity index (χ2n) is 9.64. The Hall–Kier alpha value is -3.45. The number of piperazine rings is 1. The van der Waals surface area contributed by atoms with E-state index in [1.165, 1.54) is 24.7 Å². The molecule has 1 saturated heterocycles. The first-order valence-electron chi connectivity index (χ1n) is 12.9. The number of anilines is 1. The maximum atomic E-state index is 13.0. The molecule has 0 radical (unpaired) electrons. The van der Waals surface area contributed by atoms with Crippen LogP contribution in [0.25, 0.3) is 0 Å². The van der Waals surface area contributed by atoms with Gasteiger partial charge in [0.1, 0.15) is 12.0 Å². The zero-order valence-electron chi connectivity index (χ0n) is 20.9. The molecule has 36 heavy (non-hydrogen) atoms. The third-order valence-corrected chi connectivity index (χ3v) is 7.24. The van der Waals surface area contributed by atoms with Crippen LogP contribution in [0.5, 0.6) is 11.5 Å². The number of ether oxygens (including phenoxy) is 2. The number of hydrogen-bond acceptors (Lipinski definition) is 7. The minimum atomic E-state index is 0.0283. The molecule has 7 heteroatoms. The van der Waals surface area contributed by atoms with Crippen molar-refractivity contribution in [2.75, 3.05) is 38.2 Å². The Morgan fingerprint density at radius 2 is 1.86 bits per heavy atom. The Morgan fingerprint density at radius 1 is 1.03 bits per heavy atom. The molecule has 0 bridgehead atoms. The van der Waals surface area contributed by atoms with E-state index in [0.717, 1.165) is 56.1 Å². The summed E-state index contributed by atoms with van der Waals surface area (Å²) in [7, 11) is 1.69. The topological polar surface area (TPSA) is 67.8 Å². The number of carbonyl (C=O) groups is 1. The SMILES string of the molecule is COc1ccc(N2CCN(CC(=O)c3ccncn3)[C@@H](Cc3ccccc3)C2)cc1OC1CCCC1. The summed E-state index contributed by atoms with van der Waals surface area (Å²) < 4.78 is 12.0. The largest absolute Gasteiger partial charge is 0.493 e. The molecule has 5 rings (SSSR count). The Bertz CT molecular complexity index is 1140. The fraction of sp³-hybridized carbons (Fsp3) is 0.414. The zero-order valence-corrected chi connectivity index (χ0v) is 20.9. The van der Waals surface area contributed by atoms with Crippen molar-refractivity contribution in [1.29, 1.82) is 0 Å². The molecule has 2 heterocycles. The van der Waals surface area contributed by atoms with Crippen molar-refractivity contribution in [2.24, 2.45) is 0 Å². The molecule has 2 fully saturated rings. The van der Waals surface area contributed by atoms with E-state index in [1.54, 1.807) is 19.4 Å². The van der Waals surface area contributed by atoms with Crippen LogP contribution in [0.15, 0.2) is 67.1 Å². The lowest BCUT2D eigenvalue weighted by molar-refractivity contribution is 0.0870. The van der Waals surface area contributed by atoms with Gasteiger partial charge in [-0.05, 0) is 55.9 Å². The molecule has 3 aromatic rings. The van der Waals surface area contributed by atoms with Crippen molar-refractivity contribution in [1.82, 2.24) is 14.9 Å². The van der Waals surface area contributed by atoms with Gasteiger partial charge in [0.15, 0.2) is 17.3 Å². The number of aromatic nitrogens is 2. The van der Waals surface area contributed by atoms with E-state index < -0.39 is 0 Å². The molecule has 188 valence electrons. The first-order valence-corrected chi connectivity index (χ1v) is 12.9. The first-order chi connectivity index (χ1) is 17.7. The minimum absolute atomic E-state index is 0.0283. The van der Waals surface area contributed by atoms with Crippen LogP contribution in [-0.2, 0) is 6.42 Å². The van der Waals surface area contributed by atoms with Crippen molar-refractivity contribution >= 4 is 11.5 Å². The Labute approximate surface area is 213 Å². The zero-order chi connectivity index (χ0) is 24.7. The maximum Gasteiger partial charge on any atom is 0.195 e. The molecule has 2 aliphatic rings. The van der Waals surface area contributed by atoms with Crippen LogP contribution in [0.1, 0.15) is 41.7 Å². The van der Waals surface area contributed by atoms with Gasteiger partial charge in [-0.25, -0.2) is 9.97 Å². The van der Waals surface area contributed by atoms with Crippen LogP contribution in [0.4, 0.5) is 5.69 Å². The van der Waals surface area contributed by atoms with Crippen LogP contribution in [0.3, 0.4) is 0 Å². The van der Waals surface area contributed by atoms with E-state index >= 15 is 0 Å². The Balaban J connectivity index is 1.34. The summed E-state index contributed by atoms with van der Waals surface area (Å²) in [6, 6.07) is 18.6. The normalized spacial score (nSPS) is 18.8. The summed E-state index contributed by atoms with van der Waals surface area (Å²) in [5.41, 5.74) is 2.86. The number of benzene rings is 2. The molecule has 1 aromatic heterocycles. The molecule has 1 atom stereocenters. The number of nitrogens with zero attached hydrogens (tertiary/aromatic N) is 4. The quantitative estimate of drug-likeness (QED) is 0.415. The van der Waals surface area contributed by atoms with Gasteiger partial charge in [0.05, 0.1) is 19.8 Å². The lowest BCUT2D eigenvalue weighted by Crippen LogP contribution is -2.55. The molecule has 2 aromatic carbocycles. The van der Waals surface area contributed by atoms with Gasteiger partial charge in [-0.2, -0.15) is 0 Å². The second kappa shape index (κ2) is 11.5. The van der Waals surface area contributed by atoms with Crippen LogP contribution in [-0.4, -0.2) is 66.1 Å². The van der Waals surface area contributed by atoms with E-state index in [4.69, 9.17) is 9.47 Å². The highest BCUT2D eigenvalue weighted by molar-refractivity contribution is 5.95. The second-order valence-corrected chi connectivity index (χ2v) is 9.64. The fourth-order valence-electron chi connectivity index (χ4n) is 5.28. The van der Waals surface area contributed by atoms with Gasteiger partial charge in [-0.15, -0.1) is 0 Å². The van der Waals surface area contributed by atoms with Gasteiger partial charge in [-0.1, -0.05) is 30.3 Å². The molecule has 0 spiro atoms. The molecule has 0 unspecified atom stereocenters. The van der Waals surface area contributed by atoms with Crippen LogP contribution < -0.4 is 14.4 Å². The number of methoxy groups -OCH3 is 1. The summed E-state index contributed by atoms with van der Waals surface area (Å²) in [5.74, 6) is 1.63. The van der Waals surface area contributed by atoms with Crippen LogP contribution in [0.2, 0.25) is 0 Å². The van der Waals surface area contributed by atoms with Gasteiger partial charge >= 0.3 is 0 Å². The predicted molar refractivity (Wildman–Crippen MR) is 140 cm³/mol. The van der Waals surface area contributed by atoms with Crippen molar-refractivity contribution in [3.63, 3.8) is 0 Å². The first kappa shape index (κ1) is 24.3. The van der Waals surface area contributed by atoms with Gasteiger partial charge in [0.25, 0.3) is 0 Å². The smallest absolute Gasteiger partial charge is 0.195 e. The third kappa shape index (κ3) is 5.85. The molecular weight excluding hydrogens is 452 g/mol. The highest BCUT2D eigenvalue weighted by Crippen LogP contribution is 2.35. The number of hydrogen-bond donors (Lipinski definition) is 0. The van der Waals surface area contributed by atoms with E-state index in [2.05, 4.69) is 56.2 Å². The minimum Gasteiger partial charge on any atom is -0.493 e. The van der Waals surface area contributed by atoms with E-state index in [0.29, 0.717) is 12.2 Å². The van der Waals surface area contributed by atoms with Gasteiger partial charge in [0, 0.05) is 43.6 Å². The summed E-state index contributed by atoms with van der Waals surface area (Å²) in [6.45, 7) is 2.79. The molecular formula is C29H34N4O3. The van der Waals surface area contributed by atoms with E-state index in [1.807, 2.05) is 12.1 Å². The molecule has 1 aliphatic carbocycles. The van der Waals surface area contributed by atoms with E-state index in [9.17, 15) is 4.79 Å². The summed E-state index contributed by atoms with van der Waals surface area (Å²) in [6.07, 6.45) is 8.85. The average molecular weight is 487 g/mol. The monoisotopic (exact) mass is 486 g/mol. The number of carbonyl (C=O) groups excluding carboxylic acids is 1. The molecule has 0 amide bonds. The summed E-state index contributed by atoms with van der Waals surface area (Å²) in [5, 5.41) is 0. The third-order valence-electron chi connectivity index (χ3n) is 7.24. The standard InChI is InChI=1S/C29H34N4O3/c1-35-28-12-11-23(18-29(28)36-25-9-5-6-10-25)32-15-16-33(20-27(34)26-13-14-30-21-31-26)24(19-32)17-22-7-3-2-4-8-22/h2-4,7-8,11-14,18,21,24-25H,5-6,9-10,15-17,19-20H2,1H3/t24-/m0/s1. The van der Waals surface area contributed by atoms with Crippen LogP contribution in [0, 0.1) is 0 Å². The maximum absolute atomic E-state index is 13.0. The highest BCUT2D eigenvalue weighted by atomic mass is 16.5. The predicted octanol–water partition coefficient (Wildman–Crippen LogP) is 4.42. The highest BCUT2D eigenvalue weighted by Gasteiger charge is 2.30.